The smallest absolute Gasteiger partial charge is 0.374 e. The number of aromatic nitrogens is 3. The van der Waals surface area contributed by atoms with Crippen molar-refractivity contribution < 1.29 is 13.9 Å². The summed E-state index contributed by atoms with van der Waals surface area (Å²) in [5, 5.41) is 12.1. The van der Waals surface area contributed by atoms with Crippen LogP contribution in [0.25, 0.3) is 11.0 Å². The molecule has 0 aliphatic rings. The SMILES string of the molecule is CCOC(=O)c1oc2ccc(Br)cc2c1CSc1nncn1CCc1cccs1. The van der Waals surface area contributed by atoms with Crippen molar-refractivity contribution in [3.63, 3.8) is 0 Å². The second kappa shape index (κ2) is 9.15. The van der Waals surface area contributed by atoms with Crippen molar-refractivity contribution in [2.75, 3.05) is 6.61 Å². The summed E-state index contributed by atoms with van der Waals surface area (Å²) in [6, 6.07) is 9.88. The highest BCUT2D eigenvalue weighted by Crippen LogP contribution is 2.33. The van der Waals surface area contributed by atoms with Gasteiger partial charge in [-0.15, -0.1) is 21.5 Å². The lowest BCUT2D eigenvalue weighted by Crippen LogP contribution is -2.06. The van der Waals surface area contributed by atoms with Gasteiger partial charge in [-0.1, -0.05) is 33.8 Å². The molecule has 0 saturated heterocycles. The standard InChI is InChI=1S/C20H18BrN3O3S2/c1-2-26-19(25)18-16(15-10-13(21)5-6-17(15)27-18)11-29-20-23-22-12-24(20)8-7-14-4-3-9-28-14/h3-6,9-10,12H,2,7-8,11H2,1H3. The van der Waals surface area contributed by atoms with Gasteiger partial charge in [-0.3, -0.25) is 0 Å². The Bertz CT molecular complexity index is 1120. The van der Waals surface area contributed by atoms with Crippen LogP contribution in [0.2, 0.25) is 0 Å². The zero-order valence-electron chi connectivity index (χ0n) is 15.6. The van der Waals surface area contributed by atoms with Gasteiger partial charge < -0.3 is 13.7 Å². The molecule has 0 amide bonds. The summed E-state index contributed by atoms with van der Waals surface area (Å²) in [5.74, 6) is 0.321. The third-order valence-electron chi connectivity index (χ3n) is 4.32. The van der Waals surface area contributed by atoms with Gasteiger partial charge in [0.2, 0.25) is 5.76 Å². The van der Waals surface area contributed by atoms with E-state index in [0.717, 1.165) is 33.5 Å². The molecule has 0 fully saturated rings. The lowest BCUT2D eigenvalue weighted by Gasteiger charge is -2.06. The molecule has 3 aromatic heterocycles. The number of halogens is 1. The van der Waals surface area contributed by atoms with E-state index in [-0.39, 0.29) is 5.76 Å². The second-order valence-corrected chi connectivity index (χ2v) is 9.09. The number of ether oxygens (including phenoxy) is 1. The first kappa shape index (κ1) is 20.2. The number of hydrogen-bond donors (Lipinski definition) is 0. The van der Waals surface area contributed by atoms with Gasteiger partial charge in [0.1, 0.15) is 11.9 Å². The fourth-order valence-electron chi connectivity index (χ4n) is 2.96. The summed E-state index contributed by atoms with van der Waals surface area (Å²) in [6.07, 6.45) is 2.67. The van der Waals surface area contributed by atoms with Crippen LogP contribution in [0.1, 0.15) is 27.9 Å². The van der Waals surface area contributed by atoms with Gasteiger partial charge in [-0.25, -0.2) is 4.79 Å². The number of benzene rings is 1. The average Bonchev–Trinajstić information content (AvgIpc) is 3.44. The fraction of sp³-hybridized carbons (Fsp3) is 0.250. The molecule has 0 bridgehead atoms. The quantitative estimate of drug-likeness (QED) is 0.237. The molecule has 1 aromatic carbocycles. The number of thiophene rings is 1. The lowest BCUT2D eigenvalue weighted by molar-refractivity contribution is 0.0491. The molecule has 0 saturated carbocycles. The van der Waals surface area contributed by atoms with Crippen molar-refractivity contribution in [2.45, 2.75) is 30.8 Å². The van der Waals surface area contributed by atoms with Crippen LogP contribution >= 0.6 is 39.0 Å². The van der Waals surface area contributed by atoms with Gasteiger partial charge in [0, 0.05) is 32.6 Å². The molecule has 0 aliphatic carbocycles. The van der Waals surface area contributed by atoms with Crippen LogP contribution in [-0.4, -0.2) is 27.3 Å². The normalized spacial score (nSPS) is 11.2. The maximum atomic E-state index is 12.4. The number of aryl methyl sites for hydroxylation is 2. The summed E-state index contributed by atoms with van der Waals surface area (Å²) in [4.78, 5) is 13.7. The van der Waals surface area contributed by atoms with E-state index in [0.29, 0.717) is 17.9 Å². The highest BCUT2D eigenvalue weighted by molar-refractivity contribution is 9.10. The molecule has 9 heteroatoms. The largest absolute Gasteiger partial charge is 0.460 e. The van der Waals surface area contributed by atoms with Crippen LogP contribution in [0.3, 0.4) is 0 Å². The van der Waals surface area contributed by atoms with Crippen molar-refractivity contribution in [3.05, 3.63) is 62.7 Å². The Labute approximate surface area is 184 Å². The van der Waals surface area contributed by atoms with Crippen LogP contribution in [0.15, 0.2) is 56.1 Å². The summed E-state index contributed by atoms with van der Waals surface area (Å²) in [5.41, 5.74) is 1.46. The van der Waals surface area contributed by atoms with E-state index in [9.17, 15) is 4.79 Å². The van der Waals surface area contributed by atoms with Crippen molar-refractivity contribution in [3.8, 4) is 0 Å². The van der Waals surface area contributed by atoms with Crippen molar-refractivity contribution in [2.24, 2.45) is 0 Å². The van der Waals surface area contributed by atoms with Crippen LogP contribution in [0, 0.1) is 0 Å². The third-order valence-corrected chi connectivity index (χ3v) is 6.76. The van der Waals surface area contributed by atoms with E-state index < -0.39 is 5.97 Å². The molecule has 0 radical (unpaired) electrons. The second-order valence-electron chi connectivity index (χ2n) is 6.20. The highest BCUT2D eigenvalue weighted by Gasteiger charge is 2.22. The van der Waals surface area contributed by atoms with Gasteiger partial charge in [0.15, 0.2) is 5.16 Å². The van der Waals surface area contributed by atoms with Gasteiger partial charge >= 0.3 is 5.97 Å². The molecular weight excluding hydrogens is 474 g/mol. The Morgan fingerprint density at radius 2 is 2.28 bits per heavy atom. The van der Waals surface area contributed by atoms with Gasteiger partial charge in [0.05, 0.1) is 6.61 Å². The van der Waals surface area contributed by atoms with Crippen LogP contribution < -0.4 is 0 Å². The lowest BCUT2D eigenvalue weighted by atomic mass is 10.1. The Balaban J connectivity index is 1.56. The minimum atomic E-state index is -0.449. The predicted octanol–water partition coefficient (Wildman–Crippen LogP) is 5.56. The molecule has 4 aromatic rings. The van der Waals surface area contributed by atoms with Crippen molar-refractivity contribution in [1.29, 1.82) is 0 Å². The van der Waals surface area contributed by atoms with E-state index in [1.807, 2.05) is 22.8 Å². The summed E-state index contributed by atoms with van der Waals surface area (Å²) in [7, 11) is 0. The zero-order valence-corrected chi connectivity index (χ0v) is 18.8. The minimum Gasteiger partial charge on any atom is -0.460 e. The van der Waals surface area contributed by atoms with E-state index in [1.165, 1.54) is 16.6 Å². The molecule has 150 valence electrons. The Morgan fingerprint density at radius 3 is 3.07 bits per heavy atom. The number of thioether (sulfide) groups is 1. The summed E-state index contributed by atoms with van der Waals surface area (Å²) < 4.78 is 14.0. The predicted molar refractivity (Wildman–Crippen MR) is 117 cm³/mol. The van der Waals surface area contributed by atoms with E-state index >= 15 is 0 Å². The Morgan fingerprint density at radius 1 is 1.38 bits per heavy atom. The number of fused-ring (bicyclic) bond motifs is 1. The fourth-order valence-corrected chi connectivity index (χ4v) is 4.99. The van der Waals surface area contributed by atoms with E-state index in [1.54, 1.807) is 24.6 Å². The van der Waals surface area contributed by atoms with Crippen LogP contribution in [-0.2, 0) is 23.5 Å². The molecule has 0 aliphatic heterocycles. The maximum Gasteiger partial charge on any atom is 0.374 e. The van der Waals surface area contributed by atoms with Crippen LogP contribution in [0.5, 0.6) is 0 Å². The number of rotatable bonds is 8. The minimum absolute atomic E-state index is 0.247. The first-order valence-corrected chi connectivity index (χ1v) is 11.7. The first-order valence-electron chi connectivity index (χ1n) is 9.06. The number of furan rings is 1. The highest BCUT2D eigenvalue weighted by atomic mass is 79.9. The van der Waals surface area contributed by atoms with Gasteiger partial charge in [-0.05, 0) is 43.0 Å². The molecule has 0 unspecified atom stereocenters. The number of carbonyl (C=O) groups excluding carboxylic acids is 1. The molecule has 0 spiro atoms. The molecule has 0 atom stereocenters. The van der Waals surface area contributed by atoms with Gasteiger partial charge in [0.25, 0.3) is 0 Å². The number of hydrogen-bond acceptors (Lipinski definition) is 7. The first-order chi connectivity index (χ1) is 14.2. The van der Waals surface area contributed by atoms with Crippen molar-refractivity contribution in [1.82, 2.24) is 14.8 Å². The molecular formula is C20H18BrN3O3S2. The summed E-state index contributed by atoms with van der Waals surface area (Å²) in [6.45, 7) is 2.88. The zero-order chi connectivity index (χ0) is 20.2. The molecule has 3 heterocycles. The van der Waals surface area contributed by atoms with E-state index in [2.05, 4.69) is 43.6 Å². The number of esters is 1. The Hall–Kier alpha value is -2.10. The molecule has 6 nitrogen and oxygen atoms in total. The average molecular weight is 492 g/mol. The van der Waals surface area contributed by atoms with Crippen LogP contribution in [0.4, 0.5) is 0 Å². The topological polar surface area (TPSA) is 70.2 Å². The van der Waals surface area contributed by atoms with Gasteiger partial charge in [-0.2, -0.15) is 0 Å². The third kappa shape index (κ3) is 4.57. The maximum absolute atomic E-state index is 12.4. The molecule has 4 rings (SSSR count). The molecule has 0 N–H and O–H groups in total. The van der Waals surface area contributed by atoms with E-state index in [4.69, 9.17) is 9.15 Å². The number of nitrogens with zero attached hydrogens (tertiary/aromatic N) is 3. The van der Waals surface area contributed by atoms with Crippen molar-refractivity contribution >= 4 is 56.0 Å². The molecule has 29 heavy (non-hydrogen) atoms. The number of carbonyl (C=O) groups is 1. The summed E-state index contributed by atoms with van der Waals surface area (Å²) >= 11 is 6.77. The monoisotopic (exact) mass is 491 g/mol. The Kier molecular flexibility index (Phi) is 6.37.